The van der Waals surface area contributed by atoms with Gasteiger partial charge in [-0.2, -0.15) is 0 Å². The van der Waals surface area contributed by atoms with Crippen LogP contribution in [0.15, 0.2) is 18.2 Å². The molecule has 1 unspecified atom stereocenters. The maximum atomic E-state index is 13.7. The van der Waals surface area contributed by atoms with Crippen molar-refractivity contribution in [3.63, 3.8) is 0 Å². The van der Waals surface area contributed by atoms with E-state index in [0.29, 0.717) is 18.4 Å². The van der Waals surface area contributed by atoms with E-state index >= 15 is 0 Å². The lowest BCUT2D eigenvalue weighted by molar-refractivity contribution is -0.133. The van der Waals surface area contributed by atoms with Crippen molar-refractivity contribution in [3.05, 3.63) is 34.6 Å². The average molecular weight is 318 g/mol. The largest absolute Gasteiger partial charge is 0.339 e. The Morgan fingerprint density at radius 2 is 2.15 bits per heavy atom. The highest BCUT2D eigenvalue weighted by atomic mass is 35.5. The molecule has 1 N–H and O–H groups in total. The molecule has 1 aliphatic carbocycles. The predicted molar refractivity (Wildman–Crippen MR) is 75.4 cm³/mol. The molecule has 1 aromatic rings. The first-order valence-corrected chi connectivity index (χ1v) is 7.27. The zero-order chi connectivity index (χ0) is 14.8. The van der Waals surface area contributed by atoms with Gasteiger partial charge < -0.3 is 5.32 Å². The molecule has 1 aromatic carbocycles. The molecule has 1 atom stereocenters. The van der Waals surface area contributed by atoms with Gasteiger partial charge in [-0.25, -0.2) is 4.39 Å². The van der Waals surface area contributed by atoms with E-state index in [1.807, 2.05) is 0 Å². The molecular formula is C14H14Cl2FNO2. The fraction of sp³-hybridized carbons (Fsp3) is 0.429. The maximum Gasteiger partial charge on any atom is 0.235 e. The van der Waals surface area contributed by atoms with Crippen LogP contribution in [0.25, 0.3) is 0 Å². The Kier molecular flexibility index (Phi) is 4.66. The number of alkyl halides is 1. The molecule has 1 fully saturated rings. The minimum atomic E-state index is -1.26. The summed E-state index contributed by atoms with van der Waals surface area (Å²) >= 11 is 11.5. The molecular weight excluding hydrogens is 304 g/mol. The fourth-order valence-electron chi connectivity index (χ4n) is 2.62. The van der Waals surface area contributed by atoms with Gasteiger partial charge in [0.05, 0.1) is 5.02 Å². The van der Waals surface area contributed by atoms with Crippen LogP contribution in [-0.4, -0.2) is 17.6 Å². The molecule has 0 radical (unpaired) electrons. The zero-order valence-electron chi connectivity index (χ0n) is 10.7. The third kappa shape index (κ3) is 2.67. The number of Topliss-reactive ketones (excluding diaryl/α,β-unsaturated/α-hetero) is 1. The number of carbonyl (C=O) groups excluding carboxylic acids is 2. The van der Waals surface area contributed by atoms with Gasteiger partial charge in [0.1, 0.15) is 17.2 Å². The van der Waals surface area contributed by atoms with Crippen molar-refractivity contribution < 1.29 is 14.0 Å². The lowest BCUT2D eigenvalue weighted by atomic mass is 9.75. The van der Waals surface area contributed by atoms with E-state index in [1.165, 1.54) is 12.1 Å². The van der Waals surface area contributed by atoms with Crippen LogP contribution in [0.1, 0.15) is 31.2 Å². The van der Waals surface area contributed by atoms with E-state index in [9.17, 15) is 14.0 Å². The number of hydrogen-bond acceptors (Lipinski definition) is 2. The summed E-state index contributed by atoms with van der Waals surface area (Å²) < 4.78 is 13.7. The number of carbonyl (C=O) groups is 2. The van der Waals surface area contributed by atoms with Crippen LogP contribution < -0.4 is 5.32 Å². The molecule has 1 aliphatic rings. The second kappa shape index (κ2) is 6.10. The lowest BCUT2D eigenvalue weighted by Crippen LogP contribution is -2.54. The van der Waals surface area contributed by atoms with E-state index in [4.69, 9.17) is 23.2 Å². The van der Waals surface area contributed by atoms with Crippen molar-refractivity contribution in [1.82, 2.24) is 5.32 Å². The number of hydrogen-bond donors (Lipinski definition) is 1. The van der Waals surface area contributed by atoms with Crippen LogP contribution in [0.4, 0.5) is 4.39 Å². The summed E-state index contributed by atoms with van der Waals surface area (Å²) in [5.41, 5.74) is -0.953. The smallest absolute Gasteiger partial charge is 0.235 e. The summed E-state index contributed by atoms with van der Waals surface area (Å²) in [5.74, 6) is -1.50. The summed E-state index contributed by atoms with van der Waals surface area (Å²) in [6.45, 7) is 0. The average Bonchev–Trinajstić information content (AvgIpc) is 2.44. The molecule has 20 heavy (non-hydrogen) atoms. The Morgan fingerprint density at radius 1 is 1.40 bits per heavy atom. The Labute approximate surface area is 126 Å². The predicted octanol–water partition coefficient (Wildman–Crippen LogP) is 3.17. The van der Waals surface area contributed by atoms with Crippen molar-refractivity contribution in [1.29, 1.82) is 0 Å². The maximum absolute atomic E-state index is 13.7. The minimum Gasteiger partial charge on any atom is -0.339 e. The first-order chi connectivity index (χ1) is 9.51. The summed E-state index contributed by atoms with van der Waals surface area (Å²) in [6, 6.07) is 4.27. The second-order valence-corrected chi connectivity index (χ2v) is 5.46. The first-order valence-electron chi connectivity index (χ1n) is 6.36. The molecule has 0 bridgehead atoms. The topological polar surface area (TPSA) is 46.2 Å². The Morgan fingerprint density at radius 3 is 2.80 bits per heavy atom. The molecule has 0 aliphatic heterocycles. The second-order valence-electron chi connectivity index (χ2n) is 4.82. The third-order valence-electron chi connectivity index (χ3n) is 3.57. The summed E-state index contributed by atoms with van der Waals surface area (Å²) in [5, 5.41) is 2.52. The molecule has 0 heterocycles. The van der Waals surface area contributed by atoms with Crippen molar-refractivity contribution in [3.8, 4) is 0 Å². The molecule has 0 spiro atoms. The number of rotatable bonds is 3. The Hall–Kier alpha value is -1.13. The zero-order valence-corrected chi connectivity index (χ0v) is 12.2. The highest BCUT2D eigenvalue weighted by Gasteiger charge is 2.44. The van der Waals surface area contributed by atoms with E-state index in [-0.39, 0.29) is 16.7 Å². The van der Waals surface area contributed by atoms with Gasteiger partial charge in [0, 0.05) is 12.0 Å². The van der Waals surface area contributed by atoms with Gasteiger partial charge in [-0.1, -0.05) is 23.7 Å². The summed E-state index contributed by atoms with van der Waals surface area (Å²) in [7, 11) is 0. The van der Waals surface area contributed by atoms with Gasteiger partial charge in [-0.15, -0.1) is 11.6 Å². The van der Waals surface area contributed by atoms with Crippen LogP contribution in [0.5, 0.6) is 0 Å². The molecule has 1 saturated carbocycles. The summed E-state index contributed by atoms with van der Waals surface area (Å²) in [6.07, 6.45) is 2.23. The van der Waals surface area contributed by atoms with Crippen LogP contribution in [0.2, 0.25) is 5.02 Å². The van der Waals surface area contributed by atoms with Gasteiger partial charge in [0.25, 0.3) is 0 Å². The SMILES string of the molecule is O=C(CCl)NC1(c2cccc(F)c2Cl)CCCCC1=O. The van der Waals surface area contributed by atoms with E-state index < -0.39 is 17.3 Å². The first kappa shape index (κ1) is 15.3. The molecule has 2 rings (SSSR count). The van der Waals surface area contributed by atoms with Crippen molar-refractivity contribution in [2.75, 3.05) is 5.88 Å². The van der Waals surface area contributed by atoms with Crippen LogP contribution >= 0.6 is 23.2 Å². The number of amides is 1. The molecule has 108 valence electrons. The van der Waals surface area contributed by atoms with Gasteiger partial charge in [-0.3, -0.25) is 9.59 Å². The highest BCUT2D eigenvalue weighted by Crippen LogP contribution is 2.38. The molecule has 3 nitrogen and oxygen atoms in total. The van der Waals surface area contributed by atoms with Gasteiger partial charge in [0.2, 0.25) is 5.91 Å². The quantitative estimate of drug-likeness (QED) is 0.870. The summed E-state index contributed by atoms with van der Waals surface area (Å²) in [4.78, 5) is 24.1. The highest BCUT2D eigenvalue weighted by molar-refractivity contribution is 6.32. The van der Waals surface area contributed by atoms with Crippen LogP contribution in [0.3, 0.4) is 0 Å². The lowest BCUT2D eigenvalue weighted by Gasteiger charge is -2.37. The number of halogens is 3. The Bertz CT molecular complexity index is 550. The molecule has 6 heteroatoms. The van der Waals surface area contributed by atoms with Crippen molar-refractivity contribution in [2.24, 2.45) is 0 Å². The monoisotopic (exact) mass is 317 g/mol. The van der Waals surface area contributed by atoms with Crippen molar-refractivity contribution >= 4 is 34.9 Å². The van der Waals surface area contributed by atoms with Crippen molar-refractivity contribution in [2.45, 2.75) is 31.2 Å². The molecule has 0 aromatic heterocycles. The number of ketones is 1. The normalized spacial score (nSPS) is 22.6. The number of benzene rings is 1. The van der Waals surface area contributed by atoms with Gasteiger partial charge in [0.15, 0.2) is 5.78 Å². The molecule has 0 saturated heterocycles. The Balaban J connectivity index is 2.53. The minimum absolute atomic E-state index is 0.127. The van der Waals surface area contributed by atoms with E-state index in [2.05, 4.69) is 5.32 Å². The van der Waals surface area contributed by atoms with Gasteiger partial charge in [-0.05, 0) is 25.3 Å². The fourth-order valence-corrected chi connectivity index (χ4v) is 2.97. The van der Waals surface area contributed by atoms with Crippen LogP contribution in [0, 0.1) is 5.82 Å². The van der Waals surface area contributed by atoms with Crippen LogP contribution in [-0.2, 0) is 15.1 Å². The van der Waals surface area contributed by atoms with E-state index in [1.54, 1.807) is 6.07 Å². The third-order valence-corrected chi connectivity index (χ3v) is 4.19. The standard InChI is InChI=1S/C14H14Cl2FNO2/c15-8-12(20)18-14(7-2-1-6-11(14)19)9-4-3-5-10(17)13(9)16/h3-5H,1-2,6-8H2,(H,18,20). The van der Waals surface area contributed by atoms with Gasteiger partial charge >= 0.3 is 0 Å². The van der Waals surface area contributed by atoms with E-state index in [0.717, 1.165) is 12.8 Å². The molecule has 1 amide bonds. The number of nitrogens with one attached hydrogen (secondary N) is 1.